The number of sulfonamides is 1. The molecule has 0 bridgehead atoms. The fraction of sp³-hybridized carbons (Fsp3) is 0.429. The Balaban J connectivity index is 1.68. The number of nitro groups is 1. The largest absolute Gasteiger partial charge is 0.378 e. The standard InChI is InChI=1S/C21H29N5O5S/c1-24(2)10-9-23-32(29,30)19-7-8-20(21(15-19)26(27)28)22-16-17-3-5-18(6-4-17)25-11-13-31-14-12-25/h3-8,15,22-23H,9-14,16H2,1-2H3. The van der Waals surface area contributed by atoms with E-state index in [-0.39, 0.29) is 22.8 Å². The van der Waals surface area contributed by atoms with E-state index in [1.54, 1.807) is 0 Å². The molecular formula is C21H29N5O5S. The summed E-state index contributed by atoms with van der Waals surface area (Å²) in [6.07, 6.45) is 0. The first-order chi connectivity index (χ1) is 15.3. The van der Waals surface area contributed by atoms with Gasteiger partial charge in [0.2, 0.25) is 10.0 Å². The molecule has 11 heteroatoms. The van der Waals surface area contributed by atoms with E-state index in [0.29, 0.717) is 26.3 Å². The van der Waals surface area contributed by atoms with E-state index in [4.69, 9.17) is 4.74 Å². The molecule has 10 nitrogen and oxygen atoms in total. The number of benzene rings is 2. The quantitative estimate of drug-likeness (QED) is 0.405. The van der Waals surface area contributed by atoms with Crippen LogP contribution in [0.2, 0.25) is 0 Å². The number of nitrogens with zero attached hydrogens (tertiary/aromatic N) is 3. The summed E-state index contributed by atoms with van der Waals surface area (Å²) in [5.41, 5.74) is 2.04. The monoisotopic (exact) mass is 463 g/mol. The molecule has 0 atom stereocenters. The van der Waals surface area contributed by atoms with E-state index >= 15 is 0 Å². The second-order valence-corrected chi connectivity index (χ2v) is 9.52. The van der Waals surface area contributed by atoms with Crippen LogP contribution in [0.15, 0.2) is 47.4 Å². The lowest BCUT2D eigenvalue weighted by molar-refractivity contribution is -0.384. The molecule has 0 saturated carbocycles. The molecule has 3 rings (SSSR count). The minimum atomic E-state index is -3.83. The number of morpholine rings is 1. The second kappa shape index (κ2) is 10.7. The van der Waals surface area contributed by atoms with Gasteiger partial charge in [0.25, 0.3) is 5.69 Å². The summed E-state index contributed by atoms with van der Waals surface area (Å²) in [5.74, 6) is 0. The number of ether oxygens (including phenoxy) is 1. The SMILES string of the molecule is CN(C)CCNS(=O)(=O)c1ccc(NCc2ccc(N3CCOCC3)cc2)c([N+](=O)[O-])c1. The fourth-order valence-electron chi connectivity index (χ4n) is 3.31. The molecule has 0 spiro atoms. The zero-order valence-electron chi connectivity index (χ0n) is 18.3. The summed E-state index contributed by atoms with van der Waals surface area (Å²) in [6, 6.07) is 11.9. The Morgan fingerprint density at radius 2 is 1.81 bits per heavy atom. The Kier molecular flexibility index (Phi) is 8.02. The van der Waals surface area contributed by atoms with Crippen LogP contribution in [0.5, 0.6) is 0 Å². The second-order valence-electron chi connectivity index (χ2n) is 7.76. The minimum absolute atomic E-state index is 0.136. The lowest BCUT2D eigenvalue weighted by atomic mass is 10.1. The number of nitro benzene ring substituents is 1. The molecule has 174 valence electrons. The van der Waals surface area contributed by atoms with Gasteiger partial charge in [-0.2, -0.15) is 0 Å². The average Bonchev–Trinajstić information content (AvgIpc) is 2.78. The van der Waals surface area contributed by atoms with Crippen LogP contribution >= 0.6 is 0 Å². The topological polar surface area (TPSA) is 117 Å². The number of hydrogen-bond acceptors (Lipinski definition) is 8. The molecule has 0 amide bonds. The lowest BCUT2D eigenvalue weighted by Gasteiger charge is -2.28. The summed E-state index contributed by atoms with van der Waals surface area (Å²) in [4.78, 5) is 14.9. The van der Waals surface area contributed by atoms with Crippen LogP contribution in [0.4, 0.5) is 17.1 Å². The van der Waals surface area contributed by atoms with Crippen molar-refractivity contribution in [2.75, 3.05) is 63.7 Å². The van der Waals surface area contributed by atoms with Crippen molar-refractivity contribution in [3.63, 3.8) is 0 Å². The highest BCUT2D eigenvalue weighted by Gasteiger charge is 2.21. The molecule has 1 fully saturated rings. The smallest absolute Gasteiger partial charge is 0.293 e. The van der Waals surface area contributed by atoms with Crippen molar-refractivity contribution in [1.29, 1.82) is 0 Å². The van der Waals surface area contributed by atoms with Crippen molar-refractivity contribution in [3.8, 4) is 0 Å². The third-order valence-corrected chi connectivity index (χ3v) is 6.58. The number of nitrogens with one attached hydrogen (secondary N) is 2. The molecule has 0 aromatic heterocycles. The summed E-state index contributed by atoms with van der Waals surface area (Å²) in [6.45, 7) is 4.23. The van der Waals surface area contributed by atoms with E-state index in [9.17, 15) is 18.5 Å². The Morgan fingerprint density at radius 1 is 1.12 bits per heavy atom. The van der Waals surface area contributed by atoms with Gasteiger partial charge in [0, 0.05) is 44.5 Å². The molecule has 1 saturated heterocycles. The predicted molar refractivity (Wildman–Crippen MR) is 124 cm³/mol. The number of rotatable bonds is 10. The van der Waals surface area contributed by atoms with Gasteiger partial charge in [-0.05, 0) is 43.9 Å². The van der Waals surface area contributed by atoms with Gasteiger partial charge in [0.15, 0.2) is 0 Å². The zero-order chi connectivity index (χ0) is 23.1. The van der Waals surface area contributed by atoms with Gasteiger partial charge >= 0.3 is 0 Å². The lowest BCUT2D eigenvalue weighted by Crippen LogP contribution is -2.36. The number of hydrogen-bond donors (Lipinski definition) is 2. The molecular weight excluding hydrogens is 434 g/mol. The van der Waals surface area contributed by atoms with Gasteiger partial charge in [0.05, 0.1) is 23.0 Å². The van der Waals surface area contributed by atoms with Gasteiger partial charge < -0.3 is 19.9 Å². The molecule has 0 unspecified atom stereocenters. The highest BCUT2D eigenvalue weighted by atomic mass is 32.2. The van der Waals surface area contributed by atoms with Crippen LogP contribution in [-0.4, -0.2) is 71.7 Å². The van der Waals surface area contributed by atoms with Crippen LogP contribution < -0.4 is 14.9 Å². The fourth-order valence-corrected chi connectivity index (χ4v) is 4.35. The van der Waals surface area contributed by atoms with Gasteiger partial charge in [-0.3, -0.25) is 10.1 Å². The normalized spacial score (nSPS) is 14.5. The summed E-state index contributed by atoms with van der Waals surface area (Å²) < 4.78 is 32.7. The zero-order valence-corrected chi connectivity index (χ0v) is 19.1. The highest BCUT2D eigenvalue weighted by molar-refractivity contribution is 7.89. The first-order valence-corrected chi connectivity index (χ1v) is 11.8. The van der Waals surface area contributed by atoms with E-state index in [1.807, 2.05) is 43.3 Å². The number of likely N-dealkylation sites (N-methyl/N-ethyl adjacent to an activating group) is 1. The third kappa shape index (κ3) is 6.39. The van der Waals surface area contributed by atoms with Gasteiger partial charge in [0.1, 0.15) is 5.69 Å². The molecule has 1 aliphatic rings. The molecule has 0 aliphatic carbocycles. The van der Waals surface area contributed by atoms with Crippen LogP contribution in [-0.2, 0) is 21.3 Å². The van der Waals surface area contributed by atoms with Crippen LogP contribution in [0.1, 0.15) is 5.56 Å². The maximum atomic E-state index is 12.5. The van der Waals surface area contributed by atoms with E-state index < -0.39 is 14.9 Å². The Labute approximate surface area is 188 Å². The Hall–Kier alpha value is -2.73. The van der Waals surface area contributed by atoms with Crippen molar-refractivity contribution in [2.24, 2.45) is 0 Å². The first-order valence-electron chi connectivity index (χ1n) is 10.3. The van der Waals surface area contributed by atoms with Crippen LogP contribution in [0.3, 0.4) is 0 Å². The highest BCUT2D eigenvalue weighted by Crippen LogP contribution is 2.28. The van der Waals surface area contributed by atoms with E-state index in [0.717, 1.165) is 30.4 Å². The maximum Gasteiger partial charge on any atom is 0.293 e. The van der Waals surface area contributed by atoms with E-state index in [2.05, 4.69) is 14.9 Å². The molecule has 32 heavy (non-hydrogen) atoms. The van der Waals surface area contributed by atoms with Crippen molar-refractivity contribution in [2.45, 2.75) is 11.4 Å². The first kappa shape index (κ1) is 23.9. The van der Waals surface area contributed by atoms with Crippen LogP contribution in [0.25, 0.3) is 0 Å². The average molecular weight is 464 g/mol. The number of anilines is 2. The molecule has 2 aromatic carbocycles. The van der Waals surface area contributed by atoms with Crippen molar-refractivity contribution in [3.05, 3.63) is 58.1 Å². The molecule has 0 radical (unpaired) electrons. The molecule has 1 heterocycles. The Bertz CT molecular complexity index is 1020. The summed E-state index contributed by atoms with van der Waals surface area (Å²) in [7, 11) is -0.176. The third-order valence-electron chi connectivity index (χ3n) is 5.12. The molecule has 2 aromatic rings. The minimum Gasteiger partial charge on any atom is -0.378 e. The van der Waals surface area contributed by atoms with Crippen molar-refractivity contribution >= 4 is 27.1 Å². The van der Waals surface area contributed by atoms with Gasteiger partial charge in [-0.15, -0.1) is 0 Å². The molecule has 2 N–H and O–H groups in total. The van der Waals surface area contributed by atoms with Crippen molar-refractivity contribution in [1.82, 2.24) is 9.62 Å². The summed E-state index contributed by atoms with van der Waals surface area (Å²) >= 11 is 0. The van der Waals surface area contributed by atoms with Crippen LogP contribution in [0, 0.1) is 10.1 Å². The summed E-state index contributed by atoms with van der Waals surface area (Å²) in [5, 5.41) is 14.6. The van der Waals surface area contributed by atoms with Gasteiger partial charge in [-0.25, -0.2) is 13.1 Å². The van der Waals surface area contributed by atoms with Gasteiger partial charge in [-0.1, -0.05) is 12.1 Å². The van der Waals surface area contributed by atoms with E-state index in [1.165, 1.54) is 12.1 Å². The predicted octanol–water partition coefficient (Wildman–Crippen LogP) is 1.88. The Morgan fingerprint density at radius 3 is 2.44 bits per heavy atom. The van der Waals surface area contributed by atoms with Crippen molar-refractivity contribution < 1.29 is 18.1 Å². The molecule has 1 aliphatic heterocycles. The maximum absolute atomic E-state index is 12.5.